The highest BCUT2D eigenvalue weighted by Gasteiger charge is 2.38. The number of carbonyl (C=O) groups excluding carboxylic acids is 3. The van der Waals surface area contributed by atoms with Gasteiger partial charge in [-0.2, -0.15) is 13.2 Å². The number of anilines is 1. The Hall–Kier alpha value is -4.54. The smallest absolute Gasteiger partial charge is 0.342 e. The topological polar surface area (TPSA) is 90.9 Å². The Labute approximate surface area is 221 Å². The molecule has 1 heterocycles. The number of rotatable bonds is 6. The third-order valence-corrected chi connectivity index (χ3v) is 6.19. The van der Waals surface area contributed by atoms with Gasteiger partial charge in [0.1, 0.15) is 6.04 Å². The molecular formula is C28H24F4N4O3. The summed E-state index contributed by atoms with van der Waals surface area (Å²) >= 11 is 0. The fraction of sp³-hybridized carbons (Fsp3) is 0.214. The average Bonchev–Trinajstić information content (AvgIpc) is 3.03. The minimum atomic E-state index is -4.87. The van der Waals surface area contributed by atoms with Crippen LogP contribution in [0.4, 0.5) is 23.2 Å². The minimum absolute atomic E-state index is 0.443. The molecule has 7 nitrogen and oxygen atoms in total. The molecule has 11 heteroatoms. The van der Waals surface area contributed by atoms with E-state index in [0.717, 1.165) is 12.1 Å². The summed E-state index contributed by atoms with van der Waals surface area (Å²) in [4.78, 5) is 44.5. The minimum Gasteiger partial charge on any atom is -0.342 e. The molecule has 0 aromatic heterocycles. The highest BCUT2D eigenvalue weighted by atomic mass is 19.4. The lowest BCUT2D eigenvalue weighted by Gasteiger charge is -2.22. The number of aliphatic imine (C=N–C) groups is 1. The molecule has 1 unspecified atom stereocenters. The van der Waals surface area contributed by atoms with E-state index in [1.807, 2.05) is 6.07 Å². The number of para-hydroxylation sites is 1. The average molecular weight is 541 g/mol. The highest BCUT2D eigenvalue weighted by molar-refractivity contribution is 6.20. The van der Waals surface area contributed by atoms with E-state index in [1.54, 1.807) is 48.5 Å². The second-order valence-electron chi connectivity index (χ2n) is 8.85. The van der Waals surface area contributed by atoms with E-state index < -0.39 is 53.4 Å². The number of hydrogen-bond donors (Lipinski definition) is 2. The van der Waals surface area contributed by atoms with Crippen LogP contribution in [0.5, 0.6) is 0 Å². The zero-order valence-corrected chi connectivity index (χ0v) is 20.9. The summed E-state index contributed by atoms with van der Waals surface area (Å²) in [7, 11) is 1.53. The van der Waals surface area contributed by atoms with Crippen molar-refractivity contribution in [3.05, 3.63) is 101 Å². The molecule has 0 saturated heterocycles. The van der Waals surface area contributed by atoms with Crippen LogP contribution in [0.15, 0.2) is 83.9 Å². The van der Waals surface area contributed by atoms with Crippen molar-refractivity contribution in [1.29, 1.82) is 0 Å². The summed E-state index contributed by atoms with van der Waals surface area (Å²) in [6.45, 7) is 1.22. The van der Waals surface area contributed by atoms with Crippen molar-refractivity contribution in [2.24, 2.45) is 4.99 Å². The van der Waals surface area contributed by atoms with E-state index in [0.29, 0.717) is 28.6 Å². The molecule has 3 aromatic carbocycles. The van der Waals surface area contributed by atoms with Gasteiger partial charge in [-0.1, -0.05) is 66.7 Å². The Kier molecular flexibility index (Phi) is 7.80. The van der Waals surface area contributed by atoms with Gasteiger partial charge in [-0.3, -0.25) is 14.4 Å². The molecule has 0 saturated carbocycles. The van der Waals surface area contributed by atoms with Crippen LogP contribution in [-0.2, 0) is 20.6 Å². The number of nitrogens with zero attached hydrogens (tertiary/aromatic N) is 2. The quantitative estimate of drug-likeness (QED) is 0.460. The van der Waals surface area contributed by atoms with E-state index >= 15 is 0 Å². The number of benzene rings is 3. The summed E-state index contributed by atoms with van der Waals surface area (Å²) in [5.74, 6) is -2.88. The number of alkyl halides is 4. The molecule has 0 fully saturated rings. The third-order valence-electron chi connectivity index (χ3n) is 6.19. The lowest BCUT2D eigenvalue weighted by molar-refractivity contribution is -0.140. The molecule has 0 radical (unpaired) electrons. The second kappa shape index (κ2) is 11.1. The van der Waals surface area contributed by atoms with Gasteiger partial charge in [0.2, 0.25) is 18.2 Å². The van der Waals surface area contributed by atoms with Gasteiger partial charge in [0, 0.05) is 23.7 Å². The summed E-state index contributed by atoms with van der Waals surface area (Å²) < 4.78 is 54.6. The molecule has 3 amide bonds. The summed E-state index contributed by atoms with van der Waals surface area (Å²) in [5, 5.41) is 4.54. The van der Waals surface area contributed by atoms with Crippen molar-refractivity contribution in [2.75, 3.05) is 11.9 Å². The first kappa shape index (κ1) is 27.5. The maximum absolute atomic E-state index is 14.8. The van der Waals surface area contributed by atoms with Crippen LogP contribution < -0.4 is 15.5 Å². The van der Waals surface area contributed by atoms with Crippen LogP contribution in [0, 0.1) is 0 Å². The molecule has 0 aliphatic carbocycles. The zero-order valence-electron chi connectivity index (χ0n) is 20.9. The van der Waals surface area contributed by atoms with Crippen molar-refractivity contribution < 1.29 is 31.9 Å². The number of carbonyl (C=O) groups is 3. The number of likely N-dealkylation sites (N-methyl/N-ethyl adjacent to an activating group) is 1. The molecule has 202 valence electrons. The Morgan fingerprint density at radius 1 is 0.923 bits per heavy atom. The molecule has 1 aliphatic rings. The Balaban J connectivity index is 1.55. The fourth-order valence-corrected chi connectivity index (χ4v) is 4.17. The molecular weight excluding hydrogens is 516 g/mol. The van der Waals surface area contributed by atoms with Gasteiger partial charge in [0.15, 0.2) is 0 Å². The number of benzodiazepines with no additional fused rings is 1. The molecule has 1 aliphatic heterocycles. The van der Waals surface area contributed by atoms with Crippen LogP contribution in [-0.4, -0.2) is 42.7 Å². The number of amides is 3. The largest absolute Gasteiger partial charge is 0.416 e. The molecule has 3 atom stereocenters. The Morgan fingerprint density at radius 3 is 2.23 bits per heavy atom. The van der Waals surface area contributed by atoms with Gasteiger partial charge in [-0.15, -0.1) is 0 Å². The standard InChI is InChI=1S/C28H24F4N4O3/c1-16(33-26(38)22(29)18-12-6-8-14-20(18)28(30,31)32)25(37)35-24-27(39)36(2)21-15-9-7-13-19(21)23(34-24)17-10-4-3-5-11-17/h3-16,22,24H,1-2H3,(H,33,38)(H,35,37)/t16-,22-,24?/m0/s1. The van der Waals surface area contributed by atoms with E-state index in [-0.39, 0.29) is 0 Å². The second-order valence-corrected chi connectivity index (χ2v) is 8.85. The molecule has 3 aromatic rings. The van der Waals surface area contributed by atoms with Gasteiger partial charge in [-0.05, 0) is 19.1 Å². The van der Waals surface area contributed by atoms with Crippen molar-refractivity contribution in [1.82, 2.24) is 10.6 Å². The van der Waals surface area contributed by atoms with E-state index in [4.69, 9.17) is 0 Å². The molecule has 0 bridgehead atoms. The zero-order chi connectivity index (χ0) is 28.3. The normalized spacial score (nSPS) is 16.9. The number of nitrogens with one attached hydrogen (secondary N) is 2. The predicted octanol–water partition coefficient (Wildman–Crippen LogP) is 4.18. The molecule has 4 rings (SSSR count). The molecule has 39 heavy (non-hydrogen) atoms. The van der Waals surface area contributed by atoms with Gasteiger partial charge in [-0.25, -0.2) is 9.38 Å². The van der Waals surface area contributed by atoms with Gasteiger partial charge >= 0.3 is 6.18 Å². The molecule has 0 spiro atoms. The van der Waals surface area contributed by atoms with Crippen LogP contribution in [0.3, 0.4) is 0 Å². The lowest BCUT2D eigenvalue weighted by atomic mass is 10.0. The van der Waals surface area contributed by atoms with Gasteiger partial charge in [0.25, 0.3) is 11.8 Å². The first-order chi connectivity index (χ1) is 18.5. The van der Waals surface area contributed by atoms with Crippen LogP contribution in [0.2, 0.25) is 0 Å². The highest BCUT2D eigenvalue weighted by Crippen LogP contribution is 2.35. The van der Waals surface area contributed by atoms with Crippen molar-refractivity contribution in [2.45, 2.75) is 31.5 Å². The van der Waals surface area contributed by atoms with Crippen LogP contribution in [0.1, 0.15) is 35.3 Å². The number of fused-ring (bicyclic) bond motifs is 1. The van der Waals surface area contributed by atoms with E-state index in [2.05, 4.69) is 15.6 Å². The van der Waals surface area contributed by atoms with E-state index in [9.17, 15) is 31.9 Å². The third kappa shape index (κ3) is 5.82. The monoisotopic (exact) mass is 540 g/mol. The Morgan fingerprint density at radius 2 is 1.54 bits per heavy atom. The summed E-state index contributed by atoms with van der Waals surface area (Å²) in [6.07, 6.45) is -8.94. The maximum Gasteiger partial charge on any atom is 0.416 e. The van der Waals surface area contributed by atoms with Crippen molar-refractivity contribution in [3.8, 4) is 0 Å². The van der Waals surface area contributed by atoms with E-state index in [1.165, 1.54) is 24.9 Å². The SMILES string of the molecule is C[C@H](NC(=O)[C@@H](F)c1ccccc1C(F)(F)F)C(=O)NC1N=C(c2ccccc2)c2ccccc2N(C)C1=O. The molecule has 2 N–H and O–H groups in total. The number of hydrogen-bond acceptors (Lipinski definition) is 4. The first-order valence-corrected chi connectivity index (χ1v) is 11.9. The lowest BCUT2D eigenvalue weighted by Crippen LogP contribution is -2.52. The summed E-state index contributed by atoms with van der Waals surface area (Å²) in [6, 6.07) is 18.5. The maximum atomic E-state index is 14.8. The predicted molar refractivity (Wildman–Crippen MR) is 137 cm³/mol. The van der Waals surface area contributed by atoms with Gasteiger partial charge in [0.05, 0.1) is 17.0 Å². The fourth-order valence-electron chi connectivity index (χ4n) is 4.17. The van der Waals surface area contributed by atoms with Crippen molar-refractivity contribution in [3.63, 3.8) is 0 Å². The van der Waals surface area contributed by atoms with Crippen LogP contribution >= 0.6 is 0 Å². The van der Waals surface area contributed by atoms with Crippen molar-refractivity contribution >= 4 is 29.1 Å². The van der Waals surface area contributed by atoms with Gasteiger partial charge < -0.3 is 15.5 Å². The number of halogens is 4. The summed E-state index contributed by atoms with van der Waals surface area (Å²) in [5.41, 5.74) is 0.188. The van der Waals surface area contributed by atoms with Crippen LogP contribution in [0.25, 0.3) is 0 Å². The Bertz CT molecular complexity index is 1430. The first-order valence-electron chi connectivity index (χ1n) is 11.9.